The van der Waals surface area contributed by atoms with Crippen LogP contribution in [0.25, 0.3) is 11.0 Å². The largest absolute Gasteiger partial charge is 0.493 e. The molecule has 0 aliphatic carbocycles. The summed E-state index contributed by atoms with van der Waals surface area (Å²) < 4.78 is 27.2. The highest BCUT2D eigenvalue weighted by Gasteiger charge is 2.28. The fourth-order valence-electron chi connectivity index (χ4n) is 5.19. The highest BCUT2D eigenvalue weighted by molar-refractivity contribution is 5.95. The summed E-state index contributed by atoms with van der Waals surface area (Å²) in [6, 6.07) is 19.8. The van der Waals surface area contributed by atoms with Gasteiger partial charge in [0.15, 0.2) is 11.5 Å². The molecule has 0 unspecified atom stereocenters. The van der Waals surface area contributed by atoms with Gasteiger partial charge in [0.05, 0.1) is 18.1 Å². The number of carbonyl (C=O) groups is 1. The second kappa shape index (κ2) is 11.3. The third kappa shape index (κ3) is 5.52. The van der Waals surface area contributed by atoms with Crippen molar-refractivity contribution < 1.29 is 18.7 Å². The second-order valence-electron chi connectivity index (χ2n) is 10.3. The molecule has 4 aromatic rings. The highest BCUT2D eigenvalue weighted by atomic mass is 19.1. The number of imidazole rings is 1. The monoisotopic (exact) mass is 515 g/mol. The number of nitrogens with zero attached hydrogens (tertiary/aromatic N) is 3. The molecule has 1 aromatic heterocycles. The van der Waals surface area contributed by atoms with Gasteiger partial charge in [-0.25, -0.2) is 9.37 Å². The number of amides is 1. The van der Waals surface area contributed by atoms with Gasteiger partial charge in [0, 0.05) is 31.1 Å². The van der Waals surface area contributed by atoms with E-state index in [-0.39, 0.29) is 18.3 Å². The Morgan fingerprint density at radius 2 is 1.82 bits per heavy atom. The van der Waals surface area contributed by atoms with Crippen LogP contribution in [-0.2, 0) is 13.2 Å². The summed E-state index contributed by atoms with van der Waals surface area (Å²) >= 11 is 0. The maximum absolute atomic E-state index is 13.5. The fourth-order valence-corrected chi connectivity index (χ4v) is 5.19. The first-order valence-corrected chi connectivity index (χ1v) is 13.2. The molecule has 0 radical (unpaired) electrons. The van der Waals surface area contributed by atoms with Crippen molar-refractivity contribution in [3.8, 4) is 11.5 Å². The number of benzene rings is 3. The van der Waals surface area contributed by atoms with Gasteiger partial charge < -0.3 is 18.9 Å². The van der Waals surface area contributed by atoms with E-state index < -0.39 is 0 Å². The van der Waals surface area contributed by atoms with E-state index in [0.717, 1.165) is 36.3 Å². The maximum Gasteiger partial charge on any atom is 0.253 e. The van der Waals surface area contributed by atoms with Gasteiger partial charge in [0.1, 0.15) is 18.2 Å². The van der Waals surface area contributed by atoms with Crippen LogP contribution in [-0.4, -0.2) is 40.6 Å². The lowest BCUT2D eigenvalue weighted by Gasteiger charge is -2.32. The predicted octanol–water partition coefficient (Wildman–Crippen LogP) is 6.44. The Morgan fingerprint density at radius 1 is 1.03 bits per heavy atom. The Balaban J connectivity index is 1.26. The average molecular weight is 516 g/mol. The molecule has 3 aromatic carbocycles. The summed E-state index contributed by atoms with van der Waals surface area (Å²) in [5.74, 6) is 2.63. The third-order valence-corrected chi connectivity index (χ3v) is 7.07. The van der Waals surface area contributed by atoms with Crippen LogP contribution in [0.4, 0.5) is 4.39 Å². The van der Waals surface area contributed by atoms with E-state index in [1.165, 1.54) is 17.6 Å². The van der Waals surface area contributed by atoms with Gasteiger partial charge in [-0.15, -0.1) is 0 Å². The summed E-state index contributed by atoms with van der Waals surface area (Å²) in [5.41, 5.74) is 3.50. The Morgan fingerprint density at radius 3 is 2.55 bits per heavy atom. The number of hydrogen-bond donors (Lipinski definition) is 0. The van der Waals surface area contributed by atoms with E-state index >= 15 is 0 Å². The molecule has 0 atom stereocenters. The fraction of sp³-hybridized carbons (Fsp3) is 0.355. The van der Waals surface area contributed by atoms with Crippen molar-refractivity contribution in [1.82, 2.24) is 14.5 Å². The first-order chi connectivity index (χ1) is 18.4. The highest BCUT2D eigenvalue weighted by Crippen LogP contribution is 2.33. The Bertz CT molecular complexity index is 1420. The first kappa shape index (κ1) is 25.8. The van der Waals surface area contributed by atoms with Crippen molar-refractivity contribution in [2.24, 2.45) is 5.92 Å². The van der Waals surface area contributed by atoms with Crippen LogP contribution in [0.5, 0.6) is 11.5 Å². The van der Waals surface area contributed by atoms with E-state index in [1.54, 1.807) is 37.4 Å². The molecule has 1 aliphatic heterocycles. The minimum absolute atomic E-state index is 0.0193. The summed E-state index contributed by atoms with van der Waals surface area (Å²) in [4.78, 5) is 20.3. The number of aromatic nitrogens is 2. The van der Waals surface area contributed by atoms with E-state index in [1.807, 2.05) is 11.0 Å². The van der Waals surface area contributed by atoms with Crippen molar-refractivity contribution in [3.63, 3.8) is 0 Å². The minimum atomic E-state index is -0.306. The lowest BCUT2D eigenvalue weighted by atomic mass is 9.95. The van der Waals surface area contributed by atoms with Crippen LogP contribution in [0.3, 0.4) is 0 Å². The topological polar surface area (TPSA) is 56.6 Å². The number of methoxy groups -OCH3 is 1. The first-order valence-electron chi connectivity index (χ1n) is 13.2. The standard InChI is InChI=1S/C31H34FN3O3/c1-21(2)19-35-27-10-5-4-9-26(27)33-30(35)23-13-15-34(16-14-23)31(36)24-11-12-28(29(18-24)37-3)38-20-22-7-6-8-25(32)17-22/h4-12,17-18,21,23H,13-16,19-20H2,1-3H3. The van der Waals surface area contributed by atoms with Crippen molar-refractivity contribution >= 4 is 16.9 Å². The molecule has 7 heteroatoms. The number of carbonyl (C=O) groups excluding carboxylic acids is 1. The van der Waals surface area contributed by atoms with Crippen LogP contribution in [0.2, 0.25) is 0 Å². The zero-order chi connectivity index (χ0) is 26.6. The predicted molar refractivity (Wildman–Crippen MR) is 146 cm³/mol. The molecule has 198 valence electrons. The zero-order valence-corrected chi connectivity index (χ0v) is 22.2. The maximum atomic E-state index is 13.5. The summed E-state index contributed by atoms with van der Waals surface area (Å²) in [7, 11) is 1.55. The molecule has 1 fully saturated rings. The second-order valence-corrected chi connectivity index (χ2v) is 10.3. The lowest BCUT2D eigenvalue weighted by molar-refractivity contribution is 0.0710. The van der Waals surface area contributed by atoms with Gasteiger partial charge in [-0.1, -0.05) is 38.1 Å². The minimum Gasteiger partial charge on any atom is -0.493 e. The van der Waals surface area contributed by atoms with Gasteiger partial charge >= 0.3 is 0 Å². The molecule has 0 saturated carbocycles. The van der Waals surface area contributed by atoms with Crippen LogP contribution < -0.4 is 9.47 Å². The number of piperidine rings is 1. The van der Waals surface area contributed by atoms with E-state index in [0.29, 0.717) is 42.0 Å². The quantitative estimate of drug-likeness (QED) is 0.271. The molecule has 38 heavy (non-hydrogen) atoms. The van der Waals surface area contributed by atoms with Crippen molar-refractivity contribution in [3.05, 3.63) is 89.5 Å². The average Bonchev–Trinajstić information content (AvgIpc) is 3.29. The molecule has 1 saturated heterocycles. The van der Waals surface area contributed by atoms with Crippen LogP contribution in [0, 0.1) is 11.7 Å². The summed E-state index contributed by atoms with van der Waals surface area (Å²) in [6.45, 7) is 6.94. The molecule has 0 spiro atoms. The molecule has 0 N–H and O–H groups in total. The molecular weight excluding hydrogens is 481 g/mol. The number of para-hydroxylation sites is 2. The van der Waals surface area contributed by atoms with Gasteiger partial charge in [-0.3, -0.25) is 4.79 Å². The summed E-state index contributed by atoms with van der Waals surface area (Å²) in [6.07, 6.45) is 1.75. The van der Waals surface area contributed by atoms with Crippen molar-refractivity contribution in [1.29, 1.82) is 0 Å². The molecule has 6 nitrogen and oxygen atoms in total. The Kier molecular flexibility index (Phi) is 7.63. The van der Waals surface area contributed by atoms with E-state index in [4.69, 9.17) is 14.5 Å². The molecule has 1 aliphatic rings. The van der Waals surface area contributed by atoms with E-state index in [9.17, 15) is 9.18 Å². The van der Waals surface area contributed by atoms with Crippen LogP contribution in [0.1, 0.15) is 54.4 Å². The van der Waals surface area contributed by atoms with Gasteiger partial charge in [0.25, 0.3) is 5.91 Å². The third-order valence-electron chi connectivity index (χ3n) is 7.07. The number of ether oxygens (including phenoxy) is 2. The molecule has 5 rings (SSSR count). The Hall–Kier alpha value is -3.87. The Labute approximate surface area is 223 Å². The number of rotatable bonds is 8. The van der Waals surface area contributed by atoms with Crippen LogP contribution >= 0.6 is 0 Å². The zero-order valence-electron chi connectivity index (χ0n) is 22.2. The lowest BCUT2D eigenvalue weighted by Crippen LogP contribution is -2.38. The van der Waals surface area contributed by atoms with Crippen LogP contribution in [0.15, 0.2) is 66.7 Å². The normalized spacial score (nSPS) is 14.3. The van der Waals surface area contributed by atoms with Crippen molar-refractivity contribution in [2.45, 2.75) is 45.8 Å². The number of fused-ring (bicyclic) bond motifs is 1. The van der Waals surface area contributed by atoms with Gasteiger partial charge in [-0.05, 0) is 66.8 Å². The SMILES string of the molecule is COc1cc(C(=O)N2CCC(c3nc4ccccc4n3CC(C)C)CC2)ccc1OCc1cccc(F)c1. The number of halogens is 1. The summed E-state index contributed by atoms with van der Waals surface area (Å²) in [5, 5.41) is 0. The number of likely N-dealkylation sites (tertiary alicyclic amines) is 1. The van der Waals surface area contributed by atoms with E-state index in [2.05, 4.69) is 36.6 Å². The van der Waals surface area contributed by atoms with Gasteiger partial charge in [-0.2, -0.15) is 0 Å². The molecular formula is C31H34FN3O3. The van der Waals surface area contributed by atoms with Gasteiger partial charge in [0.2, 0.25) is 0 Å². The smallest absolute Gasteiger partial charge is 0.253 e. The molecule has 1 amide bonds. The number of hydrogen-bond acceptors (Lipinski definition) is 4. The molecule has 0 bridgehead atoms. The van der Waals surface area contributed by atoms with Crippen molar-refractivity contribution in [2.75, 3.05) is 20.2 Å². The molecule has 2 heterocycles.